The number of fused-ring (bicyclic) bond motifs is 3. The van der Waals surface area contributed by atoms with Crippen molar-refractivity contribution >= 4 is 45.8 Å². The summed E-state index contributed by atoms with van der Waals surface area (Å²) in [7, 11) is -3.24. The Labute approximate surface area is 347 Å². The van der Waals surface area contributed by atoms with Crippen LogP contribution in [-0.2, 0) is 51.8 Å². The highest BCUT2D eigenvalue weighted by Gasteiger charge is 2.62. The molecule has 0 unspecified atom stereocenters. The second-order valence-electron chi connectivity index (χ2n) is 16.4. The normalized spacial score (nSPS) is 24.9. The summed E-state index contributed by atoms with van der Waals surface area (Å²) in [4.78, 5) is 83.4. The third-order valence-corrected chi connectivity index (χ3v) is 12.2. The van der Waals surface area contributed by atoms with Crippen LogP contribution in [0.2, 0.25) is 0 Å². The van der Waals surface area contributed by atoms with Gasteiger partial charge in [-0.1, -0.05) is 49.3 Å². The molecule has 4 aliphatic rings. The first-order chi connectivity index (χ1) is 28.4. The predicted molar refractivity (Wildman–Crippen MR) is 212 cm³/mol. The summed E-state index contributed by atoms with van der Waals surface area (Å²) in [5.74, 6) is -4.30. The van der Waals surface area contributed by atoms with E-state index in [-0.39, 0.29) is 44.6 Å². The number of sulfonamides is 1. The summed E-state index contributed by atoms with van der Waals surface area (Å²) in [6.07, 6.45) is 3.44. The number of halogens is 1. The molecule has 3 heterocycles. The zero-order valence-electron chi connectivity index (χ0n) is 34.0. The van der Waals surface area contributed by atoms with Crippen molar-refractivity contribution in [2.75, 3.05) is 20.2 Å². The lowest BCUT2D eigenvalue weighted by Gasteiger charge is -2.30. The van der Waals surface area contributed by atoms with Crippen molar-refractivity contribution in [3.63, 3.8) is 0 Å². The molecular weight excluding hydrogens is 804 g/mol. The minimum atomic E-state index is -4.63. The lowest BCUT2D eigenvalue weighted by Crippen LogP contribution is -2.58. The largest absolute Gasteiger partial charge is 0.482 e. The summed E-state index contributed by atoms with van der Waals surface area (Å²) in [5, 5.41) is 7.78. The predicted octanol–water partition coefficient (Wildman–Crippen LogP) is 3.17. The summed E-state index contributed by atoms with van der Waals surface area (Å²) in [6, 6.07) is 7.53. The van der Waals surface area contributed by atoms with Crippen LogP contribution in [0, 0.1) is 11.7 Å². The summed E-state index contributed by atoms with van der Waals surface area (Å²) >= 11 is 0. The molecule has 6 amide bonds. The molecule has 1 aliphatic carbocycles. The zero-order chi connectivity index (χ0) is 43.4. The van der Waals surface area contributed by atoms with Crippen molar-refractivity contribution in [3.05, 3.63) is 71.6 Å². The quantitative estimate of drug-likeness (QED) is 0.283. The molecule has 5 atom stereocenters. The lowest BCUT2D eigenvalue weighted by molar-refractivity contribution is -0.141. The van der Waals surface area contributed by atoms with Crippen LogP contribution in [0.5, 0.6) is 5.75 Å². The van der Waals surface area contributed by atoms with Crippen molar-refractivity contribution in [1.29, 1.82) is 0 Å². The van der Waals surface area contributed by atoms with Gasteiger partial charge in [0.05, 0.1) is 13.1 Å². The molecule has 4 N–H and O–H groups in total. The molecule has 60 heavy (non-hydrogen) atoms. The second-order valence-corrected chi connectivity index (χ2v) is 18.0. The molecule has 19 heteroatoms. The number of carbonyl (C=O) groups excluding carboxylic acids is 6. The first kappa shape index (κ1) is 43.8. The van der Waals surface area contributed by atoms with Crippen molar-refractivity contribution in [2.24, 2.45) is 5.92 Å². The van der Waals surface area contributed by atoms with Crippen LogP contribution >= 0.6 is 0 Å². The van der Waals surface area contributed by atoms with Crippen molar-refractivity contribution in [3.8, 4) is 5.75 Å². The number of benzene rings is 2. The third-order valence-electron chi connectivity index (χ3n) is 10.8. The molecular formula is C41H51FN6O11S. The Morgan fingerprint density at radius 1 is 1.02 bits per heavy atom. The van der Waals surface area contributed by atoms with E-state index in [1.54, 1.807) is 39.0 Å². The topological polar surface area (TPSA) is 219 Å². The number of allylic oxidation sites excluding steroid dienone is 1. The van der Waals surface area contributed by atoms with Gasteiger partial charge in [-0.05, 0) is 70.2 Å². The maximum atomic E-state index is 14.5. The molecule has 2 aromatic rings. The maximum absolute atomic E-state index is 14.5. The first-order valence-corrected chi connectivity index (χ1v) is 21.4. The number of carbonyl (C=O) groups is 6. The molecule has 1 saturated heterocycles. The van der Waals surface area contributed by atoms with Crippen LogP contribution in [0.25, 0.3) is 0 Å². The summed E-state index contributed by atoms with van der Waals surface area (Å²) in [5.41, 5.74) is -1.66. The smallest absolute Gasteiger partial charge is 0.410 e. The average Bonchev–Trinajstić information content (AvgIpc) is 3.47. The molecule has 3 aliphatic heterocycles. The molecule has 324 valence electrons. The monoisotopic (exact) mass is 854 g/mol. The molecule has 2 fully saturated rings. The van der Waals surface area contributed by atoms with Crippen LogP contribution in [-0.4, -0.2) is 104 Å². The van der Waals surface area contributed by atoms with Crippen LogP contribution in [0.3, 0.4) is 0 Å². The summed E-state index contributed by atoms with van der Waals surface area (Å²) in [6.45, 7) is 4.33. The molecule has 0 spiro atoms. The Morgan fingerprint density at radius 3 is 2.52 bits per heavy atom. The van der Waals surface area contributed by atoms with E-state index < -0.39 is 98.4 Å². The number of hydrogen-bond donors (Lipinski definition) is 4. The minimum Gasteiger partial charge on any atom is -0.482 e. The average molecular weight is 855 g/mol. The summed E-state index contributed by atoms with van der Waals surface area (Å²) < 4.78 is 60.8. The van der Waals surface area contributed by atoms with E-state index in [0.717, 1.165) is 0 Å². The van der Waals surface area contributed by atoms with E-state index in [1.165, 1.54) is 47.2 Å². The third kappa shape index (κ3) is 10.2. The van der Waals surface area contributed by atoms with Crippen molar-refractivity contribution in [1.82, 2.24) is 30.5 Å². The lowest BCUT2D eigenvalue weighted by atomic mass is 10.0. The molecule has 1 saturated carbocycles. The van der Waals surface area contributed by atoms with E-state index in [2.05, 4.69) is 20.7 Å². The maximum Gasteiger partial charge on any atom is 0.410 e. The van der Waals surface area contributed by atoms with Crippen LogP contribution in [0.1, 0.15) is 76.8 Å². The van der Waals surface area contributed by atoms with Crippen molar-refractivity contribution < 1.29 is 55.8 Å². The van der Waals surface area contributed by atoms with Crippen LogP contribution in [0.4, 0.5) is 14.0 Å². The number of alkyl carbamates (subject to hydrolysis) is 1. The Hall–Kier alpha value is -5.72. The molecule has 0 bridgehead atoms. The number of nitrogens with one attached hydrogen (secondary N) is 4. The highest BCUT2D eigenvalue weighted by Crippen LogP contribution is 2.46. The number of hydrogen-bond acceptors (Lipinski definition) is 11. The Balaban J connectivity index is 1.27. The minimum absolute atomic E-state index is 0.0272. The van der Waals surface area contributed by atoms with E-state index in [0.29, 0.717) is 36.8 Å². The van der Waals surface area contributed by atoms with E-state index in [9.17, 15) is 41.6 Å². The number of nitrogens with zero attached hydrogens (tertiary/aromatic N) is 2. The van der Waals surface area contributed by atoms with Crippen LogP contribution in [0.15, 0.2) is 59.5 Å². The van der Waals surface area contributed by atoms with Gasteiger partial charge in [-0.2, -0.15) is 0 Å². The number of ether oxygens (including phenoxy) is 3. The Morgan fingerprint density at radius 2 is 1.78 bits per heavy atom. The standard InChI is InChI=1S/C41H51FN6O11S/c1-40(2,3)59-38(53)44-30-16-9-7-5-6-8-14-26-20-41(26,37(52)46-60(55,56)33-18-11-10-17-32(33)57-24-34(49)43-4)45-35(50)31-19-27(22-48(31)36(30)51)58-39(54)47-21-25-13-12-15-29(42)28(25)23-47/h8,10-15,17-18,26-27,30-31H,5-7,9,16,19-24H2,1-4H3,(H,43,49)(H,44,53)(H,45,50)(H,46,52)/b14-8-/t26-,27+,30-,31-,41+/m0/s1. The second kappa shape index (κ2) is 17.9. The number of likely N-dealkylation sites (N-methyl/N-ethyl adjacent to an activating group) is 1. The van der Waals surface area contributed by atoms with E-state index >= 15 is 0 Å². The number of para-hydroxylation sites is 1. The Bertz CT molecular complexity index is 2160. The van der Waals surface area contributed by atoms with Gasteiger partial charge in [0.15, 0.2) is 6.61 Å². The van der Waals surface area contributed by atoms with Gasteiger partial charge in [-0.15, -0.1) is 0 Å². The van der Waals surface area contributed by atoms with Gasteiger partial charge in [0.25, 0.3) is 21.8 Å². The molecule has 0 radical (unpaired) electrons. The van der Waals surface area contributed by atoms with Gasteiger partial charge >= 0.3 is 12.2 Å². The molecule has 17 nitrogen and oxygen atoms in total. The molecule has 2 aromatic carbocycles. The van der Waals surface area contributed by atoms with Gasteiger partial charge in [0, 0.05) is 31.5 Å². The zero-order valence-corrected chi connectivity index (χ0v) is 34.8. The molecule has 6 rings (SSSR count). The van der Waals surface area contributed by atoms with Gasteiger partial charge in [0.1, 0.15) is 45.8 Å². The van der Waals surface area contributed by atoms with Gasteiger partial charge in [-0.25, -0.2) is 27.1 Å². The fraction of sp³-hybridized carbons (Fsp3) is 0.512. The van der Waals surface area contributed by atoms with Gasteiger partial charge in [0.2, 0.25) is 11.8 Å². The van der Waals surface area contributed by atoms with Crippen molar-refractivity contribution in [2.45, 2.75) is 113 Å². The van der Waals surface area contributed by atoms with Gasteiger partial charge in [-0.3, -0.25) is 24.1 Å². The number of rotatable bonds is 8. The fourth-order valence-electron chi connectivity index (χ4n) is 7.62. The SMILES string of the molecule is CNC(=O)COc1ccccc1S(=O)(=O)NC(=O)[C@@]12C[C@@H]1/C=C\CCCCC[C@H](NC(=O)OC(C)(C)C)C(=O)N1C[C@H](OC(=O)N3Cc4cccc(F)c4C3)C[C@H]1C(=O)N2. The Kier molecular flexibility index (Phi) is 13.1. The highest BCUT2D eigenvalue weighted by atomic mass is 32.2. The number of amides is 6. The molecule has 0 aromatic heterocycles. The fourth-order valence-corrected chi connectivity index (χ4v) is 8.80. The van der Waals surface area contributed by atoms with Crippen LogP contribution < -0.4 is 25.4 Å². The van der Waals surface area contributed by atoms with Gasteiger partial charge < -0.3 is 35.1 Å². The highest BCUT2D eigenvalue weighted by molar-refractivity contribution is 7.90. The van der Waals surface area contributed by atoms with E-state index in [1.807, 2.05) is 6.08 Å². The van der Waals surface area contributed by atoms with E-state index in [4.69, 9.17) is 14.2 Å². The first-order valence-electron chi connectivity index (χ1n) is 19.9.